The minimum Gasteiger partial charge on any atom is -0.341 e. The molecule has 2 saturated heterocycles. The maximum absolute atomic E-state index is 12.9. The molecule has 0 aromatic heterocycles. The van der Waals surface area contributed by atoms with Gasteiger partial charge in [-0.15, -0.1) is 0 Å². The number of nitrogens with zero attached hydrogens (tertiary/aromatic N) is 3. The van der Waals surface area contributed by atoms with E-state index in [2.05, 4.69) is 0 Å². The zero-order valence-corrected chi connectivity index (χ0v) is 19.5. The van der Waals surface area contributed by atoms with Gasteiger partial charge < -0.3 is 9.80 Å². The van der Waals surface area contributed by atoms with E-state index < -0.39 is 17.9 Å². The molecule has 4 amide bonds. The highest BCUT2D eigenvalue weighted by atomic mass is 35.5. The van der Waals surface area contributed by atoms with Crippen LogP contribution in [0.25, 0.3) is 0 Å². The molecule has 0 unspecified atom stereocenters. The lowest BCUT2D eigenvalue weighted by Crippen LogP contribution is -2.47. The van der Waals surface area contributed by atoms with Gasteiger partial charge in [0.25, 0.3) is 11.8 Å². The van der Waals surface area contributed by atoms with Crippen molar-refractivity contribution < 1.29 is 19.2 Å². The number of carbonyl (C=O) groups excluding carboxylic acids is 4. The molecule has 1 aromatic carbocycles. The zero-order valence-electron chi connectivity index (χ0n) is 16.4. The fourth-order valence-electron chi connectivity index (χ4n) is 4.42. The van der Waals surface area contributed by atoms with Gasteiger partial charge in [0.05, 0.1) is 31.2 Å². The summed E-state index contributed by atoms with van der Waals surface area (Å²) in [5.41, 5.74) is -0.219. The van der Waals surface area contributed by atoms with Crippen LogP contribution in [0.1, 0.15) is 52.8 Å². The third-order valence-corrected chi connectivity index (χ3v) is 7.81. The van der Waals surface area contributed by atoms with Crippen LogP contribution in [-0.2, 0) is 9.59 Å². The third kappa shape index (κ3) is 3.80. The topological polar surface area (TPSA) is 78.0 Å². The average Bonchev–Trinajstić information content (AvgIpc) is 3.49. The first-order valence-electron chi connectivity index (χ1n) is 10.0. The molecule has 0 radical (unpaired) electrons. The van der Waals surface area contributed by atoms with E-state index in [0.29, 0.717) is 13.0 Å². The second-order valence-corrected chi connectivity index (χ2v) is 9.31. The van der Waals surface area contributed by atoms with E-state index in [0.717, 1.165) is 37.3 Å². The molecule has 7 nitrogen and oxygen atoms in total. The molecule has 11 heteroatoms. The van der Waals surface area contributed by atoms with Crippen molar-refractivity contribution in [1.82, 2.24) is 14.7 Å². The Morgan fingerprint density at radius 2 is 1.35 bits per heavy atom. The van der Waals surface area contributed by atoms with Gasteiger partial charge in [-0.05, 0) is 25.7 Å². The molecule has 1 atom stereocenters. The number of amides is 4. The van der Waals surface area contributed by atoms with Crippen LogP contribution in [-0.4, -0.2) is 70.5 Å². The van der Waals surface area contributed by atoms with E-state index in [4.69, 9.17) is 46.4 Å². The van der Waals surface area contributed by atoms with Crippen molar-refractivity contribution in [2.75, 3.05) is 26.2 Å². The molecular formula is C20H19Cl4N3O4. The van der Waals surface area contributed by atoms with Crippen molar-refractivity contribution in [2.45, 2.75) is 38.1 Å². The third-order valence-electron chi connectivity index (χ3n) is 6.01. The minimum atomic E-state index is -0.676. The first-order chi connectivity index (χ1) is 14.7. The SMILES string of the molecule is O=C([C@@H]1CCCN1C(=O)CCN1C(=O)c2c(Cl)c(Cl)c(Cl)c(Cl)c2C1=O)N1CCCC1. The van der Waals surface area contributed by atoms with Crippen LogP contribution in [0.3, 0.4) is 0 Å². The molecule has 0 saturated carbocycles. The highest BCUT2D eigenvalue weighted by Gasteiger charge is 2.42. The summed E-state index contributed by atoms with van der Waals surface area (Å²) in [7, 11) is 0. The van der Waals surface area contributed by atoms with Gasteiger partial charge >= 0.3 is 0 Å². The van der Waals surface area contributed by atoms with Crippen molar-refractivity contribution in [3.8, 4) is 0 Å². The number of fused-ring (bicyclic) bond motifs is 1. The van der Waals surface area contributed by atoms with Gasteiger partial charge in [0.1, 0.15) is 6.04 Å². The summed E-state index contributed by atoms with van der Waals surface area (Å²) in [5, 5.41) is -0.499. The Morgan fingerprint density at radius 3 is 1.90 bits per heavy atom. The largest absolute Gasteiger partial charge is 0.341 e. The Kier molecular flexibility index (Phi) is 6.41. The lowest BCUT2D eigenvalue weighted by Gasteiger charge is -2.28. The van der Waals surface area contributed by atoms with Crippen molar-refractivity contribution >= 4 is 70.0 Å². The summed E-state index contributed by atoms with van der Waals surface area (Å²) in [5.74, 6) is -1.65. The van der Waals surface area contributed by atoms with Gasteiger partial charge in [0, 0.05) is 32.6 Å². The first-order valence-corrected chi connectivity index (χ1v) is 11.6. The quantitative estimate of drug-likeness (QED) is 0.352. The van der Waals surface area contributed by atoms with Gasteiger partial charge in [-0.2, -0.15) is 0 Å². The molecule has 31 heavy (non-hydrogen) atoms. The van der Waals surface area contributed by atoms with Crippen molar-refractivity contribution in [1.29, 1.82) is 0 Å². The average molecular weight is 507 g/mol. The van der Waals surface area contributed by atoms with Crippen LogP contribution in [0.15, 0.2) is 0 Å². The highest BCUT2D eigenvalue weighted by Crippen LogP contribution is 2.44. The van der Waals surface area contributed by atoms with E-state index in [1.165, 1.54) is 0 Å². The highest BCUT2D eigenvalue weighted by molar-refractivity contribution is 6.55. The molecule has 2 fully saturated rings. The number of imide groups is 1. The van der Waals surface area contributed by atoms with Crippen LogP contribution < -0.4 is 0 Å². The molecule has 166 valence electrons. The van der Waals surface area contributed by atoms with Gasteiger partial charge in [-0.1, -0.05) is 46.4 Å². The molecule has 3 aliphatic heterocycles. The molecule has 0 bridgehead atoms. The van der Waals surface area contributed by atoms with Crippen molar-refractivity contribution in [2.24, 2.45) is 0 Å². The Balaban J connectivity index is 1.47. The van der Waals surface area contributed by atoms with Crippen molar-refractivity contribution in [3.05, 3.63) is 31.2 Å². The zero-order chi connectivity index (χ0) is 22.4. The Labute approximate surface area is 199 Å². The summed E-state index contributed by atoms with van der Waals surface area (Å²) in [6.45, 7) is 1.76. The number of hydrogen-bond acceptors (Lipinski definition) is 4. The van der Waals surface area contributed by atoms with Crippen molar-refractivity contribution in [3.63, 3.8) is 0 Å². The standard InChI is InChI=1S/C20H19Cl4N3O4/c21-14-12-13(15(22)17(24)16(14)23)20(31)27(19(12)30)9-5-11(28)26-8-3-4-10(26)18(29)25-6-1-2-7-25/h10H,1-9H2/t10-/m0/s1. The number of rotatable bonds is 4. The molecule has 3 aliphatic rings. The van der Waals surface area contributed by atoms with Gasteiger partial charge in [-0.3, -0.25) is 24.1 Å². The monoisotopic (exact) mass is 505 g/mol. The molecular weight excluding hydrogens is 488 g/mol. The maximum atomic E-state index is 12.9. The molecule has 0 spiro atoms. The summed E-state index contributed by atoms with van der Waals surface area (Å²) < 4.78 is 0. The van der Waals surface area contributed by atoms with Gasteiger partial charge in [0.2, 0.25) is 11.8 Å². The van der Waals surface area contributed by atoms with Gasteiger partial charge in [-0.25, -0.2) is 0 Å². The maximum Gasteiger partial charge on any atom is 0.263 e. The van der Waals surface area contributed by atoms with Crippen LogP contribution >= 0.6 is 46.4 Å². The number of likely N-dealkylation sites (tertiary alicyclic amines) is 2. The first kappa shape index (κ1) is 22.6. The molecule has 1 aromatic rings. The second-order valence-electron chi connectivity index (χ2n) is 7.80. The lowest BCUT2D eigenvalue weighted by atomic mass is 10.1. The predicted molar refractivity (Wildman–Crippen MR) is 117 cm³/mol. The molecule has 0 N–H and O–H groups in total. The van der Waals surface area contributed by atoms with E-state index in [9.17, 15) is 19.2 Å². The summed E-state index contributed by atoms with van der Waals surface area (Å²) in [4.78, 5) is 55.5. The molecule has 3 heterocycles. The van der Waals surface area contributed by atoms with E-state index in [1.807, 2.05) is 0 Å². The fraction of sp³-hybridized carbons (Fsp3) is 0.500. The summed E-state index contributed by atoms with van der Waals surface area (Å²) in [6, 6.07) is -0.478. The second kappa shape index (κ2) is 8.77. The van der Waals surface area contributed by atoms with E-state index in [-0.39, 0.29) is 56.0 Å². The fourth-order valence-corrected chi connectivity index (χ4v) is 5.43. The Morgan fingerprint density at radius 1 is 0.806 bits per heavy atom. The number of carbonyl (C=O) groups is 4. The predicted octanol–water partition coefficient (Wildman–Crippen LogP) is 3.90. The van der Waals surface area contributed by atoms with E-state index >= 15 is 0 Å². The lowest BCUT2D eigenvalue weighted by molar-refractivity contribution is -0.143. The van der Waals surface area contributed by atoms with E-state index in [1.54, 1.807) is 9.80 Å². The van der Waals surface area contributed by atoms with Crippen LogP contribution in [0, 0.1) is 0 Å². The molecule has 0 aliphatic carbocycles. The van der Waals surface area contributed by atoms with Crippen LogP contribution in [0.5, 0.6) is 0 Å². The van der Waals surface area contributed by atoms with Crippen LogP contribution in [0.2, 0.25) is 20.1 Å². The molecule has 4 rings (SSSR count). The number of hydrogen-bond donors (Lipinski definition) is 0. The van der Waals surface area contributed by atoms with Gasteiger partial charge in [0.15, 0.2) is 0 Å². The number of benzene rings is 1. The number of halogens is 4. The van der Waals surface area contributed by atoms with Crippen LogP contribution in [0.4, 0.5) is 0 Å². The smallest absolute Gasteiger partial charge is 0.263 e. The Hall–Kier alpha value is -1.54. The Bertz CT molecular complexity index is 946. The normalized spacial score (nSPS) is 20.8. The summed E-state index contributed by atoms with van der Waals surface area (Å²) >= 11 is 24.3. The minimum absolute atomic E-state index is 0.0214. The summed E-state index contributed by atoms with van der Waals surface area (Å²) in [6.07, 6.45) is 3.21.